The van der Waals surface area contributed by atoms with Gasteiger partial charge in [-0.3, -0.25) is 4.90 Å². The molecular formula is C14H21FN4O2. The van der Waals surface area contributed by atoms with Gasteiger partial charge in [0.15, 0.2) is 0 Å². The molecule has 7 heteroatoms. The second-order valence-electron chi connectivity index (χ2n) is 5.01. The third kappa shape index (κ3) is 3.43. The van der Waals surface area contributed by atoms with E-state index in [1.54, 1.807) is 24.0 Å². The molecule has 1 saturated heterocycles. The molecule has 0 saturated carbocycles. The summed E-state index contributed by atoms with van der Waals surface area (Å²) in [6, 6.07) is 4.69. The lowest BCUT2D eigenvalue weighted by atomic mass is 10.2. The van der Waals surface area contributed by atoms with Gasteiger partial charge in [-0.25, -0.2) is 9.18 Å². The van der Waals surface area contributed by atoms with Gasteiger partial charge in [0.1, 0.15) is 11.9 Å². The largest absolute Gasteiger partial charge is 0.444 e. The van der Waals surface area contributed by atoms with Gasteiger partial charge in [0.05, 0.1) is 17.9 Å². The molecule has 1 atom stereocenters. The highest BCUT2D eigenvalue weighted by Gasteiger charge is 2.29. The number of hydrogen-bond donors (Lipinski definition) is 2. The third-order valence-electron chi connectivity index (χ3n) is 3.34. The van der Waals surface area contributed by atoms with E-state index in [1.165, 1.54) is 11.0 Å². The van der Waals surface area contributed by atoms with Crippen molar-refractivity contribution >= 4 is 17.5 Å². The van der Waals surface area contributed by atoms with Crippen LogP contribution in [-0.4, -0.2) is 44.9 Å². The summed E-state index contributed by atoms with van der Waals surface area (Å²) < 4.78 is 19.4. The zero-order chi connectivity index (χ0) is 15.4. The van der Waals surface area contributed by atoms with E-state index >= 15 is 0 Å². The third-order valence-corrected chi connectivity index (χ3v) is 3.34. The maximum atomic E-state index is 14.3. The second-order valence-corrected chi connectivity index (χ2v) is 5.01. The molecule has 1 amide bonds. The van der Waals surface area contributed by atoms with Crippen molar-refractivity contribution in [1.82, 2.24) is 0 Å². The lowest BCUT2D eigenvalue weighted by Crippen LogP contribution is -2.34. The molecule has 4 N–H and O–H groups in total. The van der Waals surface area contributed by atoms with Crippen LogP contribution in [-0.2, 0) is 4.74 Å². The highest BCUT2D eigenvalue weighted by atomic mass is 19.1. The molecule has 1 aromatic carbocycles. The average Bonchev–Trinajstić information content (AvgIpc) is 2.77. The fourth-order valence-corrected chi connectivity index (χ4v) is 2.40. The van der Waals surface area contributed by atoms with Crippen molar-refractivity contribution < 1.29 is 13.9 Å². The molecule has 1 aromatic rings. The number of cyclic esters (lactones) is 1. The zero-order valence-electron chi connectivity index (χ0n) is 12.1. The van der Waals surface area contributed by atoms with Crippen molar-refractivity contribution in [2.24, 2.45) is 11.5 Å². The van der Waals surface area contributed by atoms with Crippen LogP contribution in [0.15, 0.2) is 18.2 Å². The first-order valence-corrected chi connectivity index (χ1v) is 6.99. The molecule has 1 heterocycles. The molecule has 0 bridgehead atoms. The van der Waals surface area contributed by atoms with Crippen LogP contribution in [0.4, 0.5) is 20.6 Å². The van der Waals surface area contributed by atoms with Crippen LogP contribution >= 0.6 is 0 Å². The van der Waals surface area contributed by atoms with Crippen LogP contribution in [0.2, 0.25) is 0 Å². The molecule has 1 fully saturated rings. The van der Waals surface area contributed by atoms with Gasteiger partial charge >= 0.3 is 6.09 Å². The van der Waals surface area contributed by atoms with Crippen LogP contribution < -0.4 is 21.3 Å². The first-order chi connectivity index (χ1) is 10.1. The molecule has 116 valence electrons. The van der Waals surface area contributed by atoms with Crippen molar-refractivity contribution in [1.29, 1.82) is 0 Å². The number of benzene rings is 1. The minimum Gasteiger partial charge on any atom is -0.444 e. The highest BCUT2D eigenvalue weighted by molar-refractivity contribution is 5.90. The van der Waals surface area contributed by atoms with Crippen LogP contribution in [0.1, 0.15) is 6.92 Å². The van der Waals surface area contributed by atoms with Gasteiger partial charge in [0.25, 0.3) is 0 Å². The Bertz CT molecular complexity index is 506. The SMILES string of the molecule is C[C@H]1CN(c2ccc(N(CCN)CCN)c(F)c2)C(=O)O1. The first kappa shape index (κ1) is 15.5. The fraction of sp³-hybridized carbons (Fsp3) is 0.500. The van der Waals surface area contributed by atoms with Gasteiger partial charge in [-0.2, -0.15) is 0 Å². The Kier molecular flexibility index (Phi) is 4.98. The Hall–Kier alpha value is -1.86. The van der Waals surface area contributed by atoms with Gasteiger partial charge < -0.3 is 21.1 Å². The van der Waals surface area contributed by atoms with E-state index in [2.05, 4.69) is 0 Å². The van der Waals surface area contributed by atoms with Gasteiger partial charge in [0, 0.05) is 26.2 Å². The maximum absolute atomic E-state index is 14.3. The average molecular weight is 296 g/mol. The first-order valence-electron chi connectivity index (χ1n) is 6.99. The predicted molar refractivity (Wildman–Crippen MR) is 80.0 cm³/mol. The number of halogens is 1. The van der Waals surface area contributed by atoms with E-state index in [1.807, 2.05) is 0 Å². The smallest absolute Gasteiger partial charge is 0.414 e. The van der Waals surface area contributed by atoms with Crippen molar-refractivity contribution in [3.05, 3.63) is 24.0 Å². The summed E-state index contributed by atoms with van der Waals surface area (Å²) in [5.41, 5.74) is 12.0. The second kappa shape index (κ2) is 6.73. The van der Waals surface area contributed by atoms with Gasteiger partial charge in [0.2, 0.25) is 0 Å². The number of amides is 1. The van der Waals surface area contributed by atoms with Gasteiger partial charge in [-0.1, -0.05) is 0 Å². The Labute approximate surface area is 123 Å². The van der Waals surface area contributed by atoms with E-state index in [4.69, 9.17) is 16.2 Å². The number of nitrogens with two attached hydrogens (primary N) is 2. The van der Waals surface area contributed by atoms with Crippen molar-refractivity contribution in [2.45, 2.75) is 13.0 Å². The van der Waals surface area contributed by atoms with E-state index in [0.29, 0.717) is 44.1 Å². The number of anilines is 2. The summed E-state index contributed by atoms with van der Waals surface area (Å²) in [5.74, 6) is -0.401. The van der Waals surface area contributed by atoms with Crippen LogP contribution in [0.5, 0.6) is 0 Å². The molecule has 0 spiro atoms. The molecular weight excluding hydrogens is 275 g/mol. The summed E-state index contributed by atoms with van der Waals surface area (Å²) >= 11 is 0. The van der Waals surface area contributed by atoms with Gasteiger partial charge in [-0.15, -0.1) is 0 Å². The molecule has 1 aliphatic rings. The lowest BCUT2D eigenvalue weighted by Gasteiger charge is -2.25. The lowest BCUT2D eigenvalue weighted by molar-refractivity contribution is 0.150. The Balaban J connectivity index is 2.22. The Morgan fingerprint density at radius 3 is 2.52 bits per heavy atom. The molecule has 0 aliphatic carbocycles. The number of rotatable bonds is 6. The Morgan fingerprint density at radius 1 is 1.38 bits per heavy atom. The standard InChI is InChI=1S/C14H21FN4O2/c1-10-9-19(14(20)21-10)11-2-3-13(12(15)8-11)18(6-4-16)7-5-17/h2-3,8,10H,4-7,9,16-17H2,1H3/t10-/m0/s1. The topological polar surface area (TPSA) is 84.8 Å². The van der Waals surface area contributed by atoms with Crippen LogP contribution in [0.25, 0.3) is 0 Å². The quantitative estimate of drug-likeness (QED) is 0.814. The summed E-state index contributed by atoms with van der Waals surface area (Å²) in [6.45, 7) is 4.10. The van der Waals surface area contributed by atoms with E-state index in [9.17, 15) is 9.18 Å². The minimum atomic E-state index is -0.449. The van der Waals surface area contributed by atoms with Crippen molar-refractivity contribution in [3.8, 4) is 0 Å². The maximum Gasteiger partial charge on any atom is 0.414 e. The molecule has 0 unspecified atom stereocenters. The monoisotopic (exact) mass is 296 g/mol. The summed E-state index contributed by atoms with van der Waals surface area (Å²) in [5, 5.41) is 0. The summed E-state index contributed by atoms with van der Waals surface area (Å²) in [6.07, 6.45) is -0.637. The summed E-state index contributed by atoms with van der Waals surface area (Å²) in [7, 11) is 0. The summed E-state index contributed by atoms with van der Waals surface area (Å²) in [4.78, 5) is 14.9. The number of nitrogens with zero attached hydrogens (tertiary/aromatic N) is 2. The molecule has 0 radical (unpaired) electrons. The number of hydrogen-bond acceptors (Lipinski definition) is 5. The molecule has 2 rings (SSSR count). The van der Waals surface area contributed by atoms with Crippen molar-refractivity contribution in [3.63, 3.8) is 0 Å². The predicted octanol–water partition coefficient (Wildman–Crippen LogP) is 0.895. The van der Waals surface area contributed by atoms with E-state index in [0.717, 1.165) is 0 Å². The Morgan fingerprint density at radius 2 is 2.05 bits per heavy atom. The minimum absolute atomic E-state index is 0.189. The van der Waals surface area contributed by atoms with Gasteiger partial charge in [-0.05, 0) is 25.1 Å². The fourth-order valence-electron chi connectivity index (χ4n) is 2.40. The van der Waals surface area contributed by atoms with Crippen molar-refractivity contribution in [2.75, 3.05) is 42.5 Å². The van der Waals surface area contributed by atoms with E-state index in [-0.39, 0.29) is 6.10 Å². The molecule has 21 heavy (non-hydrogen) atoms. The molecule has 1 aliphatic heterocycles. The number of carbonyl (C=O) groups is 1. The highest BCUT2D eigenvalue weighted by Crippen LogP contribution is 2.27. The van der Waals surface area contributed by atoms with Crippen LogP contribution in [0.3, 0.4) is 0 Å². The number of carbonyl (C=O) groups excluding carboxylic acids is 1. The molecule has 6 nitrogen and oxygen atoms in total. The molecule has 0 aromatic heterocycles. The van der Waals surface area contributed by atoms with E-state index < -0.39 is 11.9 Å². The normalized spacial score (nSPS) is 18.0. The zero-order valence-corrected chi connectivity index (χ0v) is 12.1. The van der Waals surface area contributed by atoms with Crippen LogP contribution in [0, 0.1) is 5.82 Å². The number of ether oxygens (including phenoxy) is 1.